The number of hydrogen-bond acceptors (Lipinski definition) is 8. The number of hydrogen-bond donors (Lipinski definition) is 0. The zero-order chi connectivity index (χ0) is 20.3. The van der Waals surface area contributed by atoms with Crippen molar-refractivity contribution < 1.29 is 9.15 Å². The number of rotatable bonds is 7. The summed E-state index contributed by atoms with van der Waals surface area (Å²) in [7, 11) is 0. The van der Waals surface area contributed by atoms with E-state index in [9.17, 15) is 0 Å². The molecule has 1 aromatic carbocycles. The molecule has 154 valence electrons. The molecule has 0 bridgehead atoms. The molecule has 0 saturated carbocycles. The van der Waals surface area contributed by atoms with Crippen LogP contribution in [0.25, 0.3) is 22.2 Å². The zero-order valence-corrected chi connectivity index (χ0v) is 18.3. The molecule has 0 spiro atoms. The van der Waals surface area contributed by atoms with E-state index in [2.05, 4.69) is 31.0 Å². The van der Waals surface area contributed by atoms with Crippen LogP contribution in [0.5, 0.6) is 0 Å². The van der Waals surface area contributed by atoms with Gasteiger partial charge in [-0.3, -0.25) is 4.57 Å². The Kier molecular flexibility index (Phi) is 5.85. The first-order valence-corrected chi connectivity index (χ1v) is 11.8. The first-order chi connectivity index (χ1) is 14.8. The lowest BCUT2D eigenvalue weighted by Gasteiger charge is -2.13. The van der Waals surface area contributed by atoms with Crippen molar-refractivity contribution in [2.24, 2.45) is 0 Å². The van der Waals surface area contributed by atoms with E-state index in [1.807, 2.05) is 29.6 Å². The normalized spacial score (nSPS) is 16.4. The topological polar surface area (TPSA) is 78.9 Å². The maximum Gasteiger partial charge on any atom is 0.249 e. The Morgan fingerprint density at radius 2 is 2.07 bits per heavy atom. The van der Waals surface area contributed by atoms with Crippen LogP contribution in [0.3, 0.4) is 0 Å². The van der Waals surface area contributed by atoms with Gasteiger partial charge in [-0.05, 0) is 36.4 Å². The number of nitrogens with zero attached hydrogens (tertiary/aromatic N) is 5. The Morgan fingerprint density at radius 3 is 2.87 bits per heavy atom. The van der Waals surface area contributed by atoms with Gasteiger partial charge in [0.05, 0.1) is 33.9 Å². The van der Waals surface area contributed by atoms with E-state index in [0.29, 0.717) is 22.6 Å². The average Bonchev–Trinajstić information content (AvgIpc) is 3.55. The molecule has 7 nitrogen and oxygen atoms in total. The van der Waals surface area contributed by atoms with E-state index in [1.165, 1.54) is 11.8 Å². The summed E-state index contributed by atoms with van der Waals surface area (Å²) in [5, 5.41) is 20.6. The average molecular weight is 460 g/mol. The number of thiophene rings is 1. The molecule has 0 radical (unpaired) electrons. The second-order valence-corrected chi connectivity index (χ2v) is 9.10. The van der Waals surface area contributed by atoms with Crippen molar-refractivity contribution in [1.82, 2.24) is 25.0 Å². The van der Waals surface area contributed by atoms with Gasteiger partial charge in [0.15, 0.2) is 11.0 Å². The fourth-order valence-electron chi connectivity index (χ4n) is 3.32. The van der Waals surface area contributed by atoms with Crippen LogP contribution in [-0.2, 0) is 17.0 Å². The Balaban J connectivity index is 1.35. The third-order valence-corrected chi connectivity index (χ3v) is 6.91. The molecule has 30 heavy (non-hydrogen) atoms. The van der Waals surface area contributed by atoms with Gasteiger partial charge in [-0.1, -0.05) is 41.6 Å². The van der Waals surface area contributed by atoms with Gasteiger partial charge in [0.25, 0.3) is 0 Å². The summed E-state index contributed by atoms with van der Waals surface area (Å²) in [4.78, 5) is 1.09. The van der Waals surface area contributed by atoms with E-state index in [-0.39, 0.29) is 6.10 Å². The minimum absolute atomic E-state index is 0.189. The second-order valence-electron chi connectivity index (χ2n) is 6.80. The molecule has 1 aliphatic heterocycles. The molecule has 5 rings (SSSR count). The highest BCUT2D eigenvalue weighted by atomic mass is 35.5. The van der Waals surface area contributed by atoms with Crippen LogP contribution >= 0.6 is 34.7 Å². The monoisotopic (exact) mass is 459 g/mol. The van der Waals surface area contributed by atoms with Crippen LogP contribution in [0.2, 0.25) is 5.02 Å². The maximum absolute atomic E-state index is 6.23. The van der Waals surface area contributed by atoms with Gasteiger partial charge in [0.2, 0.25) is 11.8 Å². The van der Waals surface area contributed by atoms with Crippen molar-refractivity contribution in [2.45, 2.75) is 36.4 Å². The molecule has 4 aromatic rings. The fourth-order valence-corrected chi connectivity index (χ4v) is 5.04. The predicted molar refractivity (Wildman–Crippen MR) is 117 cm³/mol. The lowest BCUT2D eigenvalue weighted by molar-refractivity contribution is 0.0953. The Labute approximate surface area is 186 Å². The molecule has 1 saturated heterocycles. The van der Waals surface area contributed by atoms with Gasteiger partial charge in [0, 0.05) is 6.61 Å². The van der Waals surface area contributed by atoms with Crippen LogP contribution in [0.4, 0.5) is 0 Å². The quantitative estimate of drug-likeness (QED) is 0.352. The summed E-state index contributed by atoms with van der Waals surface area (Å²) in [6, 6.07) is 11.5. The summed E-state index contributed by atoms with van der Waals surface area (Å²) >= 11 is 9.40. The van der Waals surface area contributed by atoms with Gasteiger partial charge in [-0.25, -0.2) is 0 Å². The summed E-state index contributed by atoms with van der Waals surface area (Å²) in [6.45, 7) is 1.55. The number of aromatic nitrogens is 5. The zero-order valence-electron chi connectivity index (χ0n) is 15.9. The number of ether oxygens (including phenoxy) is 1. The molecule has 0 aliphatic carbocycles. The highest BCUT2D eigenvalue weighted by Gasteiger charge is 2.22. The van der Waals surface area contributed by atoms with Crippen molar-refractivity contribution in [3.8, 4) is 22.2 Å². The van der Waals surface area contributed by atoms with Gasteiger partial charge in [-0.2, -0.15) is 0 Å². The lowest BCUT2D eigenvalue weighted by atomic mass is 10.2. The molecule has 3 aromatic heterocycles. The van der Waals surface area contributed by atoms with Crippen molar-refractivity contribution in [3.63, 3.8) is 0 Å². The number of benzene rings is 1. The minimum atomic E-state index is 0.189. The smallest absolute Gasteiger partial charge is 0.249 e. The van der Waals surface area contributed by atoms with E-state index in [0.717, 1.165) is 47.4 Å². The molecule has 4 heterocycles. The van der Waals surface area contributed by atoms with Gasteiger partial charge in [-0.15, -0.1) is 31.7 Å². The standard InChI is InChI=1S/C20H18ClN5O2S2/c21-15-7-2-1-6-14(15)19-24-22-17(28-19)12-30-20-25-23-18(16-8-4-10-29-16)26(20)11-13-5-3-9-27-13/h1-2,4,6-8,10,13H,3,5,9,11-12H2/t13-/m1/s1. The van der Waals surface area contributed by atoms with Crippen molar-refractivity contribution >= 4 is 34.7 Å². The molecule has 10 heteroatoms. The van der Waals surface area contributed by atoms with Gasteiger partial charge < -0.3 is 9.15 Å². The highest BCUT2D eigenvalue weighted by molar-refractivity contribution is 7.98. The largest absolute Gasteiger partial charge is 0.420 e. The van der Waals surface area contributed by atoms with E-state index in [1.54, 1.807) is 17.4 Å². The van der Waals surface area contributed by atoms with Crippen LogP contribution in [0, 0.1) is 0 Å². The molecule has 1 atom stereocenters. The van der Waals surface area contributed by atoms with E-state index < -0.39 is 0 Å². The molecular weight excluding hydrogens is 442 g/mol. The maximum atomic E-state index is 6.23. The van der Waals surface area contributed by atoms with Crippen LogP contribution in [0.15, 0.2) is 51.4 Å². The molecular formula is C20H18ClN5O2S2. The summed E-state index contributed by atoms with van der Waals surface area (Å²) < 4.78 is 13.8. The molecule has 1 aliphatic rings. The summed E-state index contributed by atoms with van der Waals surface area (Å²) in [5.74, 6) is 2.28. The van der Waals surface area contributed by atoms with E-state index >= 15 is 0 Å². The lowest BCUT2D eigenvalue weighted by Crippen LogP contribution is -2.16. The van der Waals surface area contributed by atoms with Crippen LogP contribution in [-0.4, -0.2) is 37.7 Å². The van der Waals surface area contributed by atoms with Crippen molar-refractivity contribution in [3.05, 3.63) is 52.7 Å². The van der Waals surface area contributed by atoms with Crippen molar-refractivity contribution in [2.75, 3.05) is 6.61 Å². The van der Waals surface area contributed by atoms with Crippen LogP contribution in [0.1, 0.15) is 18.7 Å². The minimum Gasteiger partial charge on any atom is -0.420 e. The first kappa shape index (κ1) is 19.7. The summed E-state index contributed by atoms with van der Waals surface area (Å²) in [5.41, 5.74) is 0.726. The molecule has 0 N–H and O–H groups in total. The molecule has 0 amide bonds. The molecule has 0 unspecified atom stereocenters. The van der Waals surface area contributed by atoms with Crippen molar-refractivity contribution in [1.29, 1.82) is 0 Å². The number of thioether (sulfide) groups is 1. The first-order valence-electron chi connectivity index (χ1n) is 9.56. The summed E-state index contributed by atoms with van der Waals surface area (Å²) in [6.07, 6.45) is 2.34. The highest BCUT2D eigenvalue weighted by Crippen LogP contribution is 2.31. The predicted octanol–water partition coefficient (Wildman–Crippen LogP) is 5.18. The number of halogens is 1. The van der Waals surface area contributed by atoms with E-state index in [4.69, 9.17) is 20.8 Å². The third kappa shape index (κ3) is 4.15. The van der Waals surface area contributed by atoms with Gasteiger partial charge >= 0.3 is 0 Å². The fraction of sp³-hybridized carbons (Fsp3) is 0.300. The Morgan fingerprint density at radius 1 is 1.13 bits per heavy atom. The SMILES string of the molecule is Clc1ccccc1-c1nnc(CSc2nnc(-c3cccs3)n2C[C@H]2CCCO2)o1. The second kappa shape index (κ2) is 8.89. The Hall–Kier alpha value is -2.20. The molecule has 1 fully saturated rings. The Bertz CT molecular complexity index is 1120. The third-order valence-electron chi connectivity index (χ3n) is 4.76. The van der Waals surface area contributed by atoms with Gasteiger partial charge in [0.1, 0.15) is 0 Å². The van der Waals surface area contributed by atoms with Crippen LogP contribution < -0.4 is 0 Å².